The van der Waals surface area contributed by atoms with Crippen molar-refractivity contribution >= 4 is 74.4 Å². The van der Waals surface area contributed by atoms with Crippen LogP contribution in [0.15, 0.2) is 57.5 Å². The fourth-order valence-electron chi connectivity index (χ4n) is 3.34. The minimum Gasteiger partial charge on any atom is -0.468 e. The van der Waals surface area contributed by atoms with Crippen LogP contribution in [0.1, 0.15) is 11.5 Å². The van der Waals surface area contributed by atoms with E-state index in [1.54, 1.807) is 36.4 Å². The van der Waals surface area contributed by atoms with E-state index in [9.17, 15) is 19.6 Å². The molecule has 2 N–H and O–H groups in total. The van der Waals surface area contributed by atoms with Gasteiger partial charge in [0.25, 0.3) is 0 Å². The number of nitrogens with one attached hydrogen (secondary N) is 2. The van der Waals surface area contributed by atoms with Crippen molar-refractivity contribution in [2.75, 3.05) is 18.2 Å². The normalized spacial score (nSPS) is 17.7. The van der Waals surface area contributed by atoms with Gasteiger partial charge in [-0.15, -0.1) is 0 Å². The van der Waals surface area contributed by atoms with Crippen molar-refractivity contribution in [2.24, 2.45) is 5.92 Å². The van der Waals surface area contributed by atoms with Gasteiger partial charge in [-0.2, -0.15) is 5.26 Å². The number of nitrogens with zero attached hydrogens (tertiary/aromatic N) is 1. The fraction of sp³-hybridized carbons (Fsp3) is 0.182. The lowest BCUT2D eigenvalue weighted by Crippen LogP contribution is -2.44. The van der Waals surface area contributed by atoms with Crippen molar-refractivity contribution in [1.82, 2.24) is 5.32 Å². The molecule has 3 rings (SSSR count). The maximum Gasteiger partial charge on any atom is 0.319 e. The standard InChI is InChI=1S/C22H16BrCl2N3O4S/c1-32-22(31)19-18(11-3-2-4-12(23)5-11)16(9-26)21(28-20(19)30)33-10-17(29)27-15-7-13(24)6-14(25)8-15/h2-8,18-19H,10H2,1H3,(H,27,29)(H,28,30)/t18-,19+/m0/s1. The summed E-state index contributed by atoms with van der Waals surface area (Å²) in [7, 11) is 1.18. The molecule has 0 fully saturated rings. The summed E-state index contributed by atoms with van der Waals surface area (Å²) >= 11 is 16.3. The molecule has 0 radical (unpaired) electrons. The summed E-state index contributed by atoms with van der Waals surface area (Å²) in [5.41, 5.74) is 1.16. The third-order valence-corrected chi connectivity index (χ3v) is 6.63. The molecule has 0 bridgehead atoms. The van der Waals surface area contributed by atoms with Gasteiger partial charge in [0.05, 0.1) is 29.5 Å². The first-order valence-corrected chi connectivity index (χ1v) is 11.9. The predicted octanol–water partition coefficient (Wildman–Crippen LogP) is 4.87. The highest BCUT2D eigenvalue weighted by atomic mass is 79.9. The number of anilines is 1. The molecule has 0 saturated heterocycles. The number of carbonyl (C=O) groups excluding carboxylic acids is 3. The molecule has 2 atom stereocenters. The molecule has 0 spiro atoms. The quantitative estimate of drug-likeness (QED) is 0.380. The van der Waals surface area contributed by atoms with Gasteiger partial charge < -0.3 is 15.4 Å². The van der Waals surface area contributed by atoms with Crippen LogP contribution in [0.3, 0.4) is 0 Å². The van der Waals surface area contributed by atoms with E-state index >= 15 is 0 Å². The Morgan fingerprint density at radius 3 is 2.55 bits per heavy atom. The smallest absolute Gasteiger partial charge is 0.319 e. The Labute approximate surface area is 212 Å². The summed E-state index contributed by atoms with van der Waals surface area (Å²) in [5, 5.41) is 16.1. The van der Waals surface area contributed by atoms with Gasteiger partial charge in [0, 0.05) is 26.1 Å². The molecule has 1 aliphatic heterocycles. The fourth-order valence-corrected chi connectivity index (χ4v) is 5.13. The molecule has 33 heavy (non-hydrogen) atoms. The van der Waals surface area contributed by atoms with Crippen molar-refractivity contribution in [1.29, 1.82) is 5.26 Å². The molecular weight excluding hydrogens is 553 g/mol. The number of carbonyl (C=O) groups is 3. The van der Waals surface area contributed by atoms with E-state index in [0.29, 0.717) is 21.3 Å². The van der Waals surface area contributed by atoms with Crippen LogP contribution in [0.5, 0.6) is 0 Å². The number of rotatable bonds is 6. The van der Waals surface area contributed by atoms with Crippen molar-refractivity contribution in [2.45, 2.75) is 5.92 Å². The Morgan fingerprint density at radius 2 is 1.94 bits per heavy atom. The Balaban J connectivity index is 1.89. The van der Waals surface area contributed by atoms with E-state index in [0.717, 1.165) is 16.2 Å². The van der Waals surface area contributed by atoms with Crippen LogP contribution < -0.4 is 10.6 Å². The molecular formula is C22H16BrCl2N3O4S. The van der Waals surface area contributed by atoms with E-state index < -0.39 is 29.6 Å². The number of hydrogen-bond acceptors (Lipinski definition) is 6. The molecule has 1 aliphatic rings. The molecule has 2 amide bonds. The third kappa shape index (κ3) is 6.09. The van der Waals surface area contributed by atoms with Crippen LogP contribution in [0.4, 0.5) is 5.69 Å². The minimum atomic E-state index is -1.24. The Bertz CT molecular complexity index is 1180. The second kappa shape index (κ2) is 11.1. The van der Waals surface area contributed by atoms with Gasteiger partial charge in [-0.3, -0.25) is 14.4 Å². The highest BCUT2D eigenvalue weighted by molar-refractivity contribution is 9.10. The van der Waals surface area contributed by atoms with Crippen LogP contribution in [0, 0.1) is 17.2 Å². The topological polar surface area (TPSA) is 108 Å². The van der Waals surface area contributed by atoms with E-state index in [4.69, 9.17) is 27.9 Å². The summed E-state index contributed by atoms with van der Waals surface area (Å²) < 4.78 is 5.54. The van der Waals surface area contributed by atoms with Gasteiger partial charge in [-0.1, -0.05) is 63.0 Å². The van der Waals surface area contributed by atoms with Gasteiger partial charge in [0.15, 0.2) is 0 Å². The van der Waals surface area contributed by atoms with Crippen molar-refractivity contribution in [3.05, 3.63) is 73.1 Å². The number of thioether (sulfide) groups is 1. The first-order chi connectivity index (χ1) is 15.7. The van der Waals surface area contributed by atoms with Crippen molar-refractivity contribution in [3.8, 4) is 6.07 Å². The number of methoxy groups -OCH3 is 1. The first-order valence-electron chi connectivity index (χ1n) is 9.40. The maximum absolute atomic E-state index is 12.8. The number of allylic oxidation sites excluding steroid dienone is 1. The van der Waals surface area contributed by atoms with Gasteiger partial charge in [0.2, 0.25) is 11.8 Å². The number of halogens is 3. The summed E-state index contributed by atoms with van der Waals surface area (Å²) in [6.07, 6.45) is 0. The van der Waals surface area contributed by atoms with Gasteiger partial charge in [0.1, 0.15) is 5.92 Å². The number of benzene rings is 2. The van der Waals surface area contributed by atoms with Gasteiger partial charge >= 0.3 is 5.97 Å². The predicted molar refractivity (Wildman–Crippen MR) is 131 cm³/mol. The van der Waals surface area contributed by atoms with Crippen LogP contribution in [-0.2, 0) is 19.1 Å². The van der Waals surface area contributed by atoms with E-state index in [-0.39, 0.29) is 16.4 Å². The highest BCUT2D eigenvalue weighted by Crippen LogP contribution is 2.40. The van der Waals surface area contributed by atoms with Crippen LogP contribution in [0.25, 0.3) is 0 Å². The monoisotopic (exact) mass is 567 g/mol. The molecule has 2 aromatic rings. The zero-order valence-corrected chi connectivity index (χ0v) is 20.9. The molecule has 0 aromatic heterocycles. The summed E-state index contributed by atoms with van der Waals surface area (Å²) in [6.45, 7) is 0. The molecule has 0 saturated carbocycles. The molecule has 2 aromatic carbocycles. The van der Waals surface area contributed by atoms with Crippen molar-refractivity contribution in [3.63, 3.8) is 0 Å². The second-order valence-electron chi connectivity index (χ2n) is 6.87. The van der Waals surface area contributed by atoms with Gasteiger partial charge in [-0.25, -0.2) is 0 Å². The van der Waals surface area contributed by atoms with E-state index in [1.807, 2.05) is 0 Å². The number of ether oxygens (including phenoxy) is 1. The zero-order chi connectivity index (χ0) is 24.1. The van der Waals surface area contributed by atoms with E-state index in [2.05, 4.69) is 32.6 Å². The van der Waals surface area contributed by atoms with Crippen LogP contribution in [-0.4, -0.2) is 30.6 Å². The van der Waals surface area contributed by atoms with Crippen molar-refractivity contribution < 1.29 is 19.1 Å². The number of hydrogen-bond donors (Lipinski definition) is 2. The first kappa shape index (κ1) is 25.1. The van der Waals surface area contributed by atoms with Crippen LogP contribution >= 0.6 is 50.9 Å². The Hall–Kier alpha value is -2.51. The zero-order valence-electron chi connectivity index (χ0n) is 17.0. The lowest BCUT2D eigenvalue weighted by molar-refractivity contribution is -0.150. The summed E-state index contributed by atoms with van der Waals surface area (Å²) in [6, 6.07) is 13.7. The molecule has 0 unspecified atom stereocenters. The molecule has 1 heterocycles. The summed E-state index contributed by atoms with van der Waals surface area (Å²) in [5.74, 6) is -4.00. The minimum absolute atomic E-state index is 0.112. The molecule has 0 aliphatic carbocycles. The molecule has 170 valence electrons. The number of amides is 2. The maximum atomic E-state index is 12.8. The molecule has 11 heteroatoms. The SMILES string of the molecule is COC(=O)[C@H]1C(=O)NC(SCC(=O)Nc2cc(Cl)cc(Cl)c2)=C(C#N)[C@@H]1c1cccc(Br)c1. The lowest BCUT2D eigenvalue weighted by atomic mass is 9.78. The number of nitriles is 1. The average molecular weight is 569 g/mol. The van der Waals surface area contributed by atoms with Gasteiger partial charge in [-0.05, 0) is 35.9 Å². The Morgan fingerprint density at radius 1 is 1.24 bits per heavy atom. The van der Waals surface area contributed by atoms with Crippen LogP contribution in [0.2, 0.25) is 10.0 Å². The Kier molecular flexibility index (Phi) is 8.43. The lowest BCUT2D eigenvalue weighted by Gasteiger charge is -2.31. The third-order valence-electron chi connectivity index (χ3n) is 4.69. The second-order valence-corrected chi connectivity index (χ2v) is 9.65. The van der Waals surface area contributed by atoms with E-state index in [1.165, 1.54) is 13.2 Å². The molecule has 7 nitrogen and oxygen atoms in total. The summed E-state index contributed by atoms with van der Waals surface area (Å²) in [4.78, 5) is 37.7. The number of esters is 1. The largest absolute Gasteiger partial charge is 0.468 e. The highest BCUT2D eigenvalue weighted by Gasteiger charge is 2.44. The average Bonchev–Trinajstić information content (AvgIpc) is 2.75.